The molecule has 0 fully saturated rings. The van der Waals surface area contributed by atoms with Gasteiger partial charge in [0.05, 0.1) is 11.3 Å². The van der Waals surface area contributed by atoms with Gasteiger partial charge in [-0.1, -0.05) is 6.92 Å². The lowest BCUT2D eigenvalue weighted by atomic mass is 10.2. The van der Waals surface area contributed by atoms with Gasteiger partial charge in [-0.05, 0) is 18.4 Å². The molecule has 15 heteroatoms. The summed E-state index contributed by atoms with van der Waals surface area (Å²) in [5.41, 5.74) is -0.922. The fourth-order valence-electron chi connectivity index (χ4n) is 3.46. The van der Waals surface area contributed by atoms with Crippen LogP contribution in [0.15, 0.2) is 29.6 Å². The number of amides is 1. The molecule has 0 bridgehead atoms. The van der Waals surface area contributed by atoms with E-state index in [1.165, 1.54) is 30.8 Å². The van der Waals surface area contributed by atoms with Crippen LogP contribution in [0.2, 0.25) is 0 Å². The van der Waals surface area contributed by atoms with Gasteiger partial charge in [0.1, 0.15) is 22.6 Å². The van der Waals surface area contributed by atoms with Crippen LogP contribution in [0.4, 0.5) is 13.2 Å². The molecule has 1 N–H and O–H groups in total. The largest absolute Gasteiger partial charge is 0.417 e. The molecule has 4 aromatic rings. The van der Waals surface area contributed by atoms with E-state index in [2.05, 4.69) is 25.4 Å². The van der Waals surface area contributed by atoms with Crippen LogP contribution in [-0.2, 0) is 23.1 Å². The lowest BCUT2D eigenvalue weighted by Gasteiger charge is -2.06. The Kier molecular flexibility index (Phi) is 6.48. The Morgan fingerprint density at radius 2 is 1.97 bits per heavy atom. The first-order chi connectivity index (χ1) is 16.5. The van der Waals surface area contributed by atoms with Crippen molar-refractivity contribution < 1.29 is 26.4 Å². The number of pyridine rings is 1. The Labute approximate surface area is 201 Å². The van der Waals surface area contributed by atoms with Gasteiger partial charge in [-0.2, -0.15) is 30.0 Å². The molecule has 0 saturated heterocycles. The van der Waals surface area contributed by atoms with Crippen molar-refractivity contribution in [3.05, 3.63) is 35.8 Å². The van der Waals surface area contributed by atoms with E-state index in [1.54, 1.807) is 11.8 Å². The molecule has 0 aliphatic carbocycles. The number of aromatic nitrogens is 6. The molecule has 0 saturated carbocycles. The van der Waals surface area contributed by atoms with Gasteiger partial charge in [-0.15, -0.1) is 0 Å². The van der Waals surface area contributed by atoms with Gasteiger partial charge in [-0.25, -0.2) is 27.9 Å². The molecular formula is C20H20F3N7O3S2. The van der Waals surface area contributed by atoms with Crippen molar-refractivity contribution in [2.45, 2.75) is 18.1 Å². The molecule has 1 amide bonds. The van der Waals surface area contributed by atoms with Gasteiger partial charge in [-0.3, -0.25) is 4.79 Å². The third-order valence-corrected chi connectivity index (χ3v) is 7.49. The average Bonchev–Trinajstić information content (AvgIpc) is 3.36. The second-order valence-corrected chi connectivity index (χ2v) is 10.6. The fourth-order valence-corrected chi connectivity index (χ4v) is 4.74. The van der Waals surface area contributed by atoms with E-state index in [0.717, 1.165) is 10.6 Å². The molecule has 0 aliphatic rings. The summed E-state index contributed by atoms with van der Waals surface area (Å²) in [4.78, 5) is 25.1. The summed E-state index contributed by atoms with van der Waals surface area (Å²) in [7, 11) is -2.45. The summed E-state index contributed by atoms with van der Waals surface area (Å²) in [5, 5.41) is 6.54. The zero-order chi connectivity index (χ0) is 25.5. The van der Waals surface area contributed by atoms with Crippen molar-refractivity contribution >= 4 is 44.3 Å². The van der Waals surface area contributed by atoms with Crippen LogP contribution in [0, 0.1) is 0 Å². The average molecular weight is 528 g/mol. The molecule has 0 spiro atoms. The van der Waals surface area contributed by atoms with Crippen LogP contribution in [-0.4, -0.2) is 67.8 Å². The van der Waals surface area contributed by atoms with Crippen LogP contribution in [0.25, 0.3) is 28.2 Å². The minimum Gasteiger partial charge on any atom is -0.350 e. The first-order valence-corrected chi connectivity index (χ1v) is 13.3. The van der Waals surface area contributed by atoms with E-state index in [1.807, 2.05) is 6.26 Å². The highest BCUT2D eigenvalue weighted by molar-refractivity contribution is 7.98. The normalized spacial score (nSPS) is 12.5. The number of imidazole rings is 1. The molecular weight excluding hydrogens is 507 g/mol. The van der Waals surface area contributed by atoms with Crippen molar-refractivity contribution in [1.29, 1.82) is 0 Å². The van der Waals surface area contributed by atoms with Crippen LogP contribution in [0.3, 0.4) is 0 Å². The molecule has 0 radical (unpaired) electrons. The molecule has 35 heavy (non-hydrogen) atoms. The highest BCUT2D eigenvalue weighted by Gasteiger charge is 2.33. The minimum atomic E-state index is -4.62. The maximum absolute atomic E-state index is 13.2. The first kappa shape index (κ1) is 24.9. The lowest BCUT2D eigenvalue weighted by Crippen LogP contribution is -2.28. The predicted molar refractivity (Wildman–Crippen MR) is 124 cm³/mol. The number of hydrogen-bond donors (Lipinski definition) is 1. The number of carbonyl (C=O) groups excluding carboxylic acids is 1. The number of alkyl halides is 3. The summed E-state index contributed by atoms with van der Waals surface area (Å²) in [6.45, 7) is 1.81. The first-order valence-electron chi connectivity index (χ1n) is 10.3. The molecule has 4 rings (SSSR count). The Bertz CT molecular complexity index is 1550. The van der Waals surface area contributed by atoms with Gasteiger partial charge in [0, 0.05) is 31.7 Å². The van der Waals surface area contributed by atoms with Gasteiger partial charge < -0.3 is 9.88 Å². The van der Waals surface area contributed by atoms with Gasteiger partial charge in [0.25, 0.3) is 5.91 Å². The number of halogens is 3. The van der Waals surface area contributed by atoms with E-state index < -0.39 is 27.5 Å². The van der Waals surface area contributed by atoms with Crippen LogP contribution < -0.4 is 5.32 Å². The number of aryl methyl sites for hydroxylation is 1. The monoisotopic (exact) mass is 527 g/mol. The number of hydrogen-bond acceptors (Lipinski definition) is 8. The zero-order valence-electron chi connectivity index (χ0n) is 18.8. The van der Waals surface area contributed by atoms with E-state index >= 15 is 0 Å². The number of sulfone groups is 1. The van der Waals surface area contributed by atoms with Gasteiger partial charge >= 0.3 is 6.18 Å². The van der Waals surface area contributed by atoms with Crippen molar-refractivity contribution in [2.24, 2.45) is 7.05 Å². The highest BCUT2D eigenvalue weighted by Crippen LogP contribution is 2.34. The van der Waals surface area contributed by atoms with Crippen molar-refractivity contribution in [3.63, 3.8) is 0 Å². The quantitative estimate of drug-likeness (QED) is 0.364. The topological polar surface area (TPSA) is 124 Å². The van der Waals surface area contributed by atoms with Crippen molar-refractivity contribution in [3.8, 4) is 11.4 Å². The number of rotatable bonds is 7. The molecule has 0 unspecified atom stereocenters. The van der Waals surface area contributed by atoms with Crippen molar-refractivity contribution in [2.75, 3.05) is 24.3 Å². The summed E-state index contributed by atoms with van der Waals surface area (Å²) in [6.07, 6.45) is -0.722. The number of nitrogens with one attached hydrogen (secondary N) is 1. The second kappa shape index (κ2) is 9.11. The van der Waals surface area contributed by atoms with Crippen LogP contribution in [0.5, 0.6) is 0 Å². The van der Waals surface area contributed by atoms with E-state index in [0.29, 0.717) is 18.5 Å². The molecule has 10 nitrogen and oxygen atoms in total. The molecule has 4 heterocycles. The number of fused-ring (bicyclic) bond motifs is 2. The highest BCUT2D eigenvalue weighted by atomic mass is 32.2. The summed E-state index contributed by atoms with van der Waals surface area (Å²) in [6, 6.07) is 2.23. The lowest BCUT2D eigenvalue weighted by molar-refractivity contribution is -0.137. The number of carbonyl (C=O) groups is 1. The Hall–Kier alpha value is -3.20. The molecule has 0 aromatic carbocycles. The maximum atomic E-state index is 13.2. The van der Waals surface area contributed by atoms with Crippen LogP contribution >= 0.6 is 11.8 Å². The molecule has 186 valence electrons. The fraction of sp³-hybridized carbons (Fsp3) is 0.350. The molecule has 4 aromatic heterocycles. The van der Waals surface area contributed by atoms with E-state index in [9.17, 15) is 26.4 Å². The van der Waals surface area contributed by atoms with E-state index in [4.69, 9.17) is 0 Å². The molecule has 0 atom stereocenters. The van der Waals surface area contributed by atoms with Crippen LogP contribution in [0.1, 0.15) is 23.0 Å². The van der Waals surface area contributed by atoms with Crippen molar-refractivity contribution in [1.82, 2.24) is 34.4 Å². The maximum Gasteiger partial charge on any atom is 0.417 e. The minimum absolute atomic E-state index is 0.00120. The summed E-state index contributed by atoms with van der Waals surface area (Å²) >= 11 is 1.54. The third-order valence-electron chi connectivity index (χ3n) is 5.25. The standard InChI is InChI=1S/C20H20F3N7O3S2/c1-4-35(32,33)19-14(16-24-6-5-13(30(16)28-19)18(31)25-7-8-34-3)17-27-12-9-11(20(21,22)23)10-26-15(12)29(17)2/h5-6,9-10H,4,7-8H2,1-3H3,(H,25,31). The van der Waals surface area contributed by atoms with E-state index in [-0.39, 0.29) is 44.7 Å². The summed E-state index contributed by atoms with van der Waals surface area (Å²) in [5.74, 6) is -0.115. The Morgan fingerprint density at radius 3 is 2.63 bits per heavy atom. The zero-order valence-corrected chi connectivity index (χ0v) is 20.4. The Morgan fingerprint density at radius 1 is 1.23 bits per heavy atom. The smallest absolute Gasteiger partial charge is 0.350 e. The SMILES string of the molecule is CCS(=O)(=O)c1nn2c(C(=O)NCCSC)ccnc2c1-c1nc2cc(C(F)(F)F)cnc2n1C. The predicted octanol–water partition coefficient (Wildman–Crippen LogP) is 2.58. The number of thioether (sulfide) groups is 1. The number of nitrogens with zero attached hydrogens (tertiary/aromatic N) is 6. The van der Waals surface area contributed by atoms with Gasteiger partial charge in [0.15, 0.2) is 26.2 Å². The third kappa shape index (κ3) is 4.45. The summed E-state index contributed by atoms with van der Waals surface area (Å²) < 4.78 is 68.0. The Balaban J connectivity index is 1.99. The second-order valence-electron chi connectivity index (χ2n) is 7.46. The van der Waals surface area contributed by atoms with Gasteiger partial charge in [0.2, 0.25) is 0 Å². The molecule has 0 aliphatic heterocycles.